The normalized spacial score (nSPS) is 13.0. The largest absolute Gasteiger partial charge is 0.492 e. The maximum atomic E-state index is 13.6. The molecule has 0 saturated heterocycles. The van der Waals surface area contributed by atoms with Gasteiger partial charge in [0.2, 0.25) is 0 Å². The molecule has 46 heavy (non-hydrogen) atoms. The first-order valence-corrected chi connectivity index (χ1v) is 19.0. The fourth-order valence-electron chi connectivity index (χ4n) is 5.28. The van der Waals surface area contributed by atoms with Gasteiger partial charge in [0.1, 0.15) is 23.6 Å². The maximum Gasteiger partial charge on any atom is 0.435 e. The minimum atomic E-state index is -2.07. The van der Waals surface area contributed by atoms with E-state index in [1.54, 1.807) is 11.0 Å². The summed E-state index contributed by atoms with van der Waals surface area (Å²) in [4.78, 5) is 28.2. The highest BCUT2D eigenvalue weighted by atomic mass is 28.4. The van der Waals surface area contributed by atoms with E-state index in [0.29, 0.717) is 23.4 Å². The average Bonchev–Trinajstić information content (AvgIpc) is 3.35. The average molecular weight is 655 g/mol. The highest BCUT2D eigenvalue weighted by Crippen LogP contribution is 2.32. The van der Waals surface area contributed by atoms with Gasteiger partial charge in [-0.3, -0.25) is 0 Å². The van der Waals surface area contributed by atoms with E-state index in [0.717, 1.165) is 34.8 Å². The standard InChI is InChI=1S/C35H54N4O6Si/c1-11-29-28-19-18-27(23-30(28)39(37-29)33(41)44-35(8,9)10)42-21-20-38(32(40)43-34(5,6)7)24-31(25-16-15-17-26(36)22-25)45-46(12-2,13-3)14-4/h15-19,22-23,31H,11-14,20-21,24,36H2,1-10H3. The Morgan fingerprint density at radius 1 is 0.935 bits per heavy atom. The molecular weight excluding hydrogens is 600 g/mol. The zero-order valence-corrected chi connectivity index (χ0v) is 30.4. The molecule has 0 fully saturated rings. The van der Waals surface area contributed by atoms with Crippen LogP contribution in [-0.4, -0.2) is 66.1 Å². The molecule has 0 aliphatic heterocycles. The van der Waals surface area contributed by atoms with Crippen LogP contribution in [0, 0.1) is 0 Å². The number of aryl methyl sites for hydroxylation is 1. The van der Waals surface area contributed by atoms with E-state index in [9.17, 15) is 9.59 Å². The third-order valence-corrected chi connectivity index (χ3v) is 12.6. The Morgan fingerprint density at radius 3 is 2.15 bits per heavy atom. The van der Waals surface area contributed by atoms with E-state index in [2.05, 4.69) is 25.9 Å². The van der Waals surface area contributed by atoms with Crippen LogP contribution >= 0.6 is 0 Å². The van der Waals surface area contributed by atoms with Gasteiger partial charge < -0.3 is 29.3 Å². The van der Waals surface area contributed by atoms with Crippen LogP contribution in [0.2, 0.25) is 18.1 Å². The lowest BCUT2D eigenvalue weighted by atomic mass is 10.1. The summed E-state index contributed by atoms with van der Waals surface area (Å²) in [6, 6.07) is 16.1. The van der Waals surface area contributed by atoms with E-state index in [4.69, 9.17) is 24.4 Å². The number of rotatable bonds is 13. The van der Waals surface area contributed by atoms with Gasteiger partial charge in [0.25, 0.3) is 0 Å². The summed E-state index contributed by atoms with van der Waals surface area (Å²) in [5, 5.41) is 5.37. The Morgan fingerprint density at radius 2 is 1.59 bits per heavy atom. The Hall–Kier alpha value is -3.57. The van der Waals surface area contributed by atoms with Crippen LogP contribution in [0.4, 0.5) is 15.3 Å². The Labute approximate surface area is 275 Å². The number of hydrogen-bond acceptors (Lipinski definition) is 8. The van der Waals surface area contributed by atoms with Crippen LogP contribution in [0.25, 0.3) is 10.9 Å². The molecule has 2 N–H and O–H groups in total. The van der Waals surface area contributed by atoms with E-state index in [-0.39, 0.29) is 25.8 Å². The molecule has 2 aromatic carbocycles. The molecule has 10 nitrogen and oxygen atoms in total. The molecule has 1 unspecified atom stereocenters. The minimum absolute atomic E-state index is 0.188. The molecule has 1 aromatic heterocycles. The van der Waals surface area contributed by atoms with Crippen molar-refractivity contribution in [2.45, 2.75) is 111 Å². The molecule has 0 aliphatic rings. The number of nitrogens with zero attached hydrogens (tertiary/aromatic N) is 3. The molecule has 3 aromatic rings. The van der Waals surface area contributed by atoms with Gasteiger partial charge in [-0.05, 0) is 95.9 Å². The zero-order valence-electron chi connectivity index (χ0n) is 29.4. The number of carbonyl (C=O) groups excluding carboxylic acids is 2. The number of nitrogen functional groups attached to an aromatic ring is 1. The van der Waals surface area contributed by atoms with Crippen LogP contribution in [0.15, 0.2) is 42.5 Å². The molecule has 0 bridgehead atoms. The highest BCUT2D eigenvalue weighted by molar-refractivity contribution is 6.73. The lowest BCUT2D eigenvalue weighted by molar-refractivity contribution is 0.0131. The third-order valence-electron chi connectivity index (χ3n) is 7.91. The van der Waals surface area contributed by atoms with Crippen LogP contribution in [0.3, 0.4) is 0 Å². The first-order valence-electron chi connectivity index (χ1n) is 16.4. The summed E-state index contributed by atoms with van der Waals surface area (Å²) in [7, 11) is -2.07. The van der Waals surface area contributed by atoms with Gasteiger partial charge >= 0.3 is 12.2 Å². The van der Waals surface area contributed by atoms with E-state index in [1.165, 1.54) is 4.68 Å². The van der Waals surface area contributed by atoms with Crippen LogP contribution in [0.1, 0.15) is 86.6 Å². The second-order valence-electron chi connectivity index (χ2n) is 13.7. The molecule has 0 radical (unpaired) electrons. The number of ether oxygens (including phenoxy) is 3. The summed E-state index contributed by atoms with van der Waals surface area (Å²) in [5.74, 6) is 0.544. The van der Waals surface area contributed by atoms with Crippen molar-refractivity contribution in [3.05, 3.63) is 53.7 Å². The number of aromatic nitrogens is 2. The summed E-state index contributed by atoms with van der Waals surface area (Å²) in [5.41, 5.74) is 7.80. The number of carbonyl (C=O) groups is 2. The number of fused-ring (bicyclic) bond motifs is 1. The molecule has 0 spiro atoms. The van der Waals surface area contributed by atoms with E-state index >= 15 is 0 Å². The van der Waals surface area contributed by atoms with Gasteiger partial charge in [-0.1, -0.05) is 39.8 Å². The monoisotopic (exact) mass is 654 g/mol. The van der Waals surface area contributed by atoms with Crippen LogP contribution in [0.5, 0.6) is 5.75 Å². The predicted octanol–water partition coefficient (Wildman–Crippen LogP) is 8.34. The van der Waals surface area contributed by atoms with Gasteiger partial charge in [-0.25, -0.2) is 9.59 Å². The molecule has 1 amide bonds. The quantitative estimate of drug-likeness (QED) is 0.144. The Balaban J connectivity index is 1.89. The highest BCUT2D eigenvalue weighted by Gasteiger charge is 2.35. The van der Waals surface area contributed by atoms with E-state index < -0.39 is 31.7 Å². The lowest BCUT2D eigenvalue weighted by Crippen LogP contribution is -2.45. The number of benzene rings is 2. The maximum absolute atomic E-state index is 13.6. The molecule has 3 rings (SSSR count). The third kappa shape index (κ3) is 9.96. The van der Waals surface area contributed by atoms with E-state index in [1.807, 2.05) is 84.9 Å². The fraction of sp³-hybridized carbons (Fsp3) is 0.571. The van der Waals surface area contributed by atoms with Crippen molar-refractivity contribution in [2.24, 2.45) is 0 Å². The number of amides is 1. The van der Waals surface area contributed by atoms with Crippen molar-refractivity contribution in [3.8, 4) is 5.75 Å². The smallest absolute Gasteiger partial charge is 0.435 e. The van der Waals surface area contributed by atoms with Crippen LogP contribution < -0.4 is 10.5 Å². The number of anilines is 1. The van der Waals surface area contributed by atoms with Crippen molar-refractivity contribution in [3.63, 3.8) is 0 Å². The molecule has 254 valence electrons. The molecule has 1 atom stereocenters. The summed E-state index contributed by atoms with van der Waals surface area (Å²) in [6.45, 7) is 20.3. The van der Waals surface area contributed by atoms with Gasteiger partial charge in [-0.2, -0.15) is 9.78 Å². The van der Waals surface area contributed by atoms with Crippen molar-refractivity contribution in [1.29, 1.82) is 0 Å². The minimum Gasteiger partial charge on any atom is -0.492 e. The fourth-order valence-corrected chi connectivity index (χ4v) is 8.10. The zero-order chi connectivity index (χ0) is 34.3. The van der Waals surface area contributed by atoms with Gasteiger partial charge in [0, 0.05) is 17.1 Å². The molecule has 11 heteroatoms. The molecule has 1 heterocycles. The van der Waals surface area contributed by atoms with Crippen molar-refractivity contribution >= 4 is 37.1 Å². The Bertz CT molecular complexity index is 1460. The summed E-state index contributed by atoms with van der Waals surface area (Å²) < 4.78 is 25.9. The van der Waals surface area contributed by atoms with Crippen molar-refractivity contribution in [1.82, 2.24) is 14.7 Å². The van der Waals surface area contributed by atoms with Crippen molar-refractivity contribution < 1.29 is 28.2 Å². The predicted molar refractivity (Wildman–Crippen MR) is 186 cm³/mol. The molecule has 0 aliphatic carbocycles. The second kappa shape index (κ2) is 15.3. The second-order valence-corrected chi connectivity index (χ2v) is 18.4. The van der Waals surface area contributed by atoms with Gasteiger partial charge in [0.05, 0.1) is 30.4 Å². The Kier molecular flexibility index (Phi) is 12.3. The SMILES string of the molecule is CCc1nn(C(=O)OC(C)(C)C)c2cc(OCCN(CC(O[Si](CC)(CC)CC)c3cccc(N)c3)C(=O)OC(C)(C)C)ccc12. The van der Waals surface area contributed by atoms with Crippen molar-refractivity contribution in [2.75, 3.05) is 25.4 Å². The van der Waals surface area contributed by atoms with Gasteiger partial charge in [-0.15, -0.1) is 0 Å². The lowest BCUT2D eigenvalue weighted by Gasteiger charge is -2.36. The van der Waals surface area contributed by atoms with Crippen LogP contribution in [-0.2, 0) is 20.3 Å². The first-order chi connectivity index (χ1) is 21.5. The first kappa shape index (κ1) is 36.9. The topological polar surface area (TPSA) is 118 Å². The number of nitrogens with two attached hydrogens (primary N) is 1. The molecular formula is C35H54N4O6Si. The van der Waals surface area contributed by atoms with Gasteiger partial charge in [0.15, 0.2) is 8.32 Å². The summed E-state index contributed by atoms with van der Waals surface area (Å²) in [6.07, 6.45) is -0.721. The summed E-state index contributed by atoms with van der Waals surface area (Å²) >= 11 is 0. The molecule has 0 saturated carbocycles. The number of hydrogen-bond donors (Lipinski definition) is 1.